The topological polar surface area (TPSA) is 259 Å². The molecule has 3 unspecified atom stereocenters. The maximum atomic E-state index is 12.8. The summed E-state index contributed by atoms with van der Waals surface area (Å²) in [7, 11) is 0. The van der Waals surface area contributed by atoms with E-state index in [-0.39, 0.29) is 118 Å². The van der Waals surface area contributed by atoms with Crippen LogP contribution in [0.4, 0.5) is 0 Å². The largest absolute Gasteiger partial charge is 3.00 e. The van der Waals surface area contributed by atoms with Gasteiger partial charge in [0, 0.05) is 78.8 Å². The Kier molecular flexibility index (Phi) is 27.8. The van der Waals surface area contributed by atoms with Crippen LogP contribution in [0.3, 0.4) is 0 Å². The van der Waals surface area contributed by atoms with Crippen molar-refractivity contribution in [2.45, 2.75) is 69.6 Å². The SMILES string of the molecule is CCOCCOCCOc1ccc(CCC[C@@H](C(=O)O)N2CCN(C(CCO)C(=O)[O-])CCN(C(CCO)C(=O)[O-])CCN(C(CCO)C(=O)[O-])CC2)cc1.[Gd+3]. The number of hydrogen-bond donors (Lipinski definition) is 4. The van der Waals surface area contributed by atoms with E-state index in [9.17, 15) is 54.9 Å². The van der Waals surface area contributed by atoms with Gasteiger partial charge in [-0.2, -0.15) is 0 Å². The predicted molar refractivity (Wildman–Crippen MR) is 191 cm³/mol. The summed E-state index contributed by atoms with van der Waals surface area (Å²) in [5.74, 6) is -4.87. The van der Waals surface area contributed by atoms with E-state index in [4.69, 9.17) is 14.2 Å². The number of carbonyl (C=O) groups is 4. The van der Waals surface area contributed by atoms with Crippen molar-refractivity contribution >= 4 is 23.9 Å². The van der Waals surface area contributed by atoms with Crippen molar-refractivity contribution in [2.24, 2.45) is 0 Å². The number of aryl methyl sites for hydroxylation is 1. The first-order valence-electron chi connectivity index (χ1n) is 19.0. The molecule has 1 aromatic carbocycles. The molecule has 1 aliphatic rings. The number of ether oxygens (including phenoxy) is 3. The van der Waals surface area contributed by atoms with Crippen molar-refractivity contribution in [3.63, 3.8) is 0 Å². The second-order valence-corrected chi connectivity index (χ2v) is 13.2. The third-order valence-corrected chi connectivity index (χ3v) is 9.71. The zero-order chi connectivity index (χ0) is 40.6. The molecule has 319 valence electrons. The predicted octanol–water partition coefficient (Wildman–Crippen LogP) is -4.38. The smallest absolute Gasteiger partial charge is 0.548 e. The third-order valence-electron chi connectivity index (χ3n) is 9.71. The quantitative estimate of drug-likeness (QED) is 0.0640. The van der Waals surface area contributed by atoms with Crippen molar-refractivity contribution in [3.8, 4) is 5.75 Å². The number of hydrogen-bond acceptors (Lipinski definition) is 17. The summed E-state index contributed by atoms with van der Waals surface area (Å²) in [6.07, 6.45) is 0.625. The van der Waals surface area contributed by atoms with E-state index in [0.717, 1.165) is 5.56 Å². The van der Waals surface area contributed by atoms with Gasteiger partial charge in [0.25, 0.3) is 0 Å². The first-order valence-corrected chi connectivity index (χ1v) is 19.0. The fourth-order valence-electron chi connectivity index (χ4n) is 6.73. The molecule has 1 radical (unpaired) electrons. The fourth-order valence-corrected chi connectivity index (χ4v) is 6.73. The molecule has 0 bridgehead atoms. The molecule has 1 heterocycles. The second kappa shape index (κ2) is 30.0. The van der Waals surface area contributed by atoms with Gasteiger partial charge in [-0.25, -0.2) is 0 Å². The molecule has 0 spiro atoms. The molecular formula is C37H59GdN4O14. The van der Waals surface area contributed by atoms with E-state index in [1.165, 1.54) is 14.7 Å². The molecule has 1 aromatic rings. The maximum Gasteiger partial charge on any atom is 3.00 e. The fraction of sp³-hybridized carbons (Fsp3) is 0.730. The van der Waals surface area contributed by atoms with Gasteiger partial charge in [0.05, 0.1) is 55.9 Å². The summed E-state index contributed by atoms with van der Waals surface area (Å²) in [4.78, 5) is 55.5. The van der Waals surface area contributed by atoms with Gasteiger partial charge in [0.15, 0.2) is 0 Å². The molecule has 2 rings (SSSR count). The molecule has 1 aliphatic heterocycles. The first kappa shape index (κ1) is 51.9. The van der Waals surface area contributed by atoms with E-state index >= 15 is 0 Å². The summed E-state index contributed by atoms with van der Waals surface area (Å²) in [5, 5.41) is 75.9. The van der Waals surface area contributed by atoms with E-state index in [1.54, 1.807) is 4.90 Å². The van der Waals surface area contributed by atoms with Crippen LogP contribution < -0.4 is 20.1 Å². The summed E-state index contributed by atoms with van der Waals surface area (Å²) in [6.45, 7) is 2.72. The van der Waals surface area contributed by atoms with Crippen LogP contribution in [-0.2, 0) is 35.1 Å². The summed E-state index contributed by atoms with van der Waals surface area (Å²) >= 11 is 0. The molecule has 18 nitrogen and oxygen atoms in total. The van der Waals surface area contributed by atoms with E-state index < -0.39 is 67.9 Å². The number of carboxylic acid groups (broad SMARTS) is 4. The molecule has 1 saturated heterocycles. The number of aliphatic carboxylic acids is 4. The van der Waals surface area contributed by atoms with Gasteiger partial charge in [-0.05, 0) is 63.1 Å². The van der Waals surface area contributed by atoms with Gasteiger partial charge >= 0.3 is 45.9 Å². The van der Waals surface area contributed by atoms with Crippen molar-refractivity contribution < 1.29 is 109 Å². The zero-order valence-electron chi connectivity index (χ0n) is 32.2. The first-order chi connectivity index (χ1) is 26.5. The van der Waals surface area contributed by atoms with Gasteiger partial charge in [-0.1, -0.05) is 12.1 Å². The number of benzene rings is 1. The van der Waals surface area contributed by atoms with Gasteiger partial charge in [-0.15, -0.1) is 0 Å². The standard InChI is InChI=1S/C37H62N4O14.Gd/c1-2-53-24-25-54-26-27-55-29-8-6-28(7-9-29)4-3-5-30(34(45)46)38-13-15-39(31(10-21-42)35(47)48)17-19-41(33(12-23-44)37(51)52)20-18-40(16-14-38)32(11-22-43)36(49)50;/h6-9,30-33,42-44H,2-5,10-27H2,1H3,(H,45,46)(H,47,48)(H,49,50)(H,51,52);/q;+3/p-3/t30-,31?,32?,33?;/m0./s1. The van der Waals surface area contributed by atoms with Gasteiger partial charge in [0.1, 0.15) is 18.4 Å². The van der Waals surface area contributed by atoms with Crippen molar-refractivity contribution in [2.75, 3.05) is 105 Å². The maximum absolute atomic E-state index is 12.8. The van der Waals surface area contributed by atoms with Crippen LogP contribution in [-0.4, -0.2) is 193 Å². The van der Waals surface area contributed by atoms with Gasteiger partial charge in [-0.3, -0.25) is 24.4 Å². The Bertz CT molecular complexity index is 1230. The Hall–Kier alpha value is -2.14. The number of nitrogens with zero attached hydrogens (tertiary/aromatic N) is 4. The van der Waals surface area contributed by atoms with Gasteiger partial charge < -0.3 is 64.3 Å². The van der Waals surface area contributed by atoms with Crippen LogP contribution >= 0.6 is 0 Å². The molecule has 4 atom stereocenters. The van der Waals surface area contributed by atoms with Crippen LogP contribution in [0.5, 0.6) is 5.75 Å². The minimum Gasteiger partial charge on any atom is -0.548 e. The minimum atomic E-state index is -1.48. The second-order valence-electron chi connectivity index (χ2n) is 13.2. The van der Waals surface area contributed by atoms with E-state index in [1.807, 2.05) is 31.2 Å². The van der Waals surface area contributed by atoms with Crippen LogP contribution in [0, 0.1) is 39.9 Å². The third kappa shape index (κ3) is 19.1. The number of rotatable bonds is 26. The number of carbonyl (C=O) groups excluding carboxylic acids is 3. The van der Waals surface area contributed by atoms with Gasteiger partial charge in [0.2, 0.25) is 0 Å². The summed E-state index contributed by atoms with van der Waals surface area (Å²) < 4.78 is 16.4. The monoisotopic (exact) mass is 941 g/mol. The zero-order valence-corrected chi connectivity index (χ0v) is 34.5. The Morgan fingerprint density at radius 2 is 0.982 bits per heavy atom. The normalized spacial score (nSPS) is 17.7. The molecule has 0 aromatic heterocycles. The van der Waals surface area contributed by atoms with Crippen LogP contribution in [0.1, 0.15) is 44.6 Å². The molecule has 1 fully saturated rings. The Morgan fingerprint density at radius 3 is 1.34 bits per heavy atom. The Labute approximate surface area is 361 Å². The summed E-state index contributed by atoms with van der Waals surface area (Å²) in [5.41, 5.74) is 0.956. The van der Waals surface area contributed by atoms with Crippen LogP contribution in [0.2, 0.25) is 0 Å². The Morgan fingerprint density at radius 1 is 0.607 bits per heavy atom. The molecule has 0 aliphatic carbocycles. The molecule has 19 heteroatoms. The average molecular weight is 941 g/mol. The van der Waals surface area contributed by atoms with Crippen molar-refractivity contribution in [1.29, 1.82) is 0 Å². The van der Waals surface area contributed by atoms with E-state index in [0.29, 0.717) is 51.6 Å². The molecule has 56 heavy (non-hydrogen) atoms. The number of aliphatic hydroxyl groups excluding tert-OH is 3. The minimum absolute atomic E-state index is 0. The van der Waals surface area contributed by atoms with Crippen LogP contribution in [0.25, 0.3) is 0 Å². The number of aliphatic hydroxyl groups is 3. The van der Waals surface area contributed by atoms with Crippen molar-refractivity contribution in [3.05, 3.63) is 29.8 Å². The molecule has 4 N–H and O–H groups in total. The molecule has 0 saturated carbocycles. The van der Waals surface area contributed by atoms with Crippen LogP contribution in [0.15, 0.2) is 24.3 Å². The Balaban J connectivity index is 0.0000157. The number of carboxylic acids is 4. The summed E-state index contributed by atoms with van der Waals surface area (Å²) in [6, 6.07) is 2.55. The van der Waals surface area contributed by atoms with E-state index in [2.05, 4.69) is 0 Å². The molecule has 0 amide bonds. The van der Waals surface area contributed by atoms with Crippen molar-refractivity contribution in [1.82, 2.24) is 19.6 Å². The average Bonchev–Trinajstić information content (AvgIpc) is 3.14. The molecular weight excluding hydrogens is 882 g/mol.